The van der Waals surface area contributed by atoms with E-state index in [9.17, 15) is 18.0 Å². The Labute approximate surface area is 236 Å². The van der Waals surface area contributed by atoms with Crippen LogP contribution in [0.3, 0.4) is 0 Å². The Morgan fingerprint density at radius 3 is 2.26 bits per heavy atom. The van der Waals surface area contributed by atoms with Crippen LogP contribution in [0.25, 0.3) is 0 Å². The number of anilines is 1. The van der Waals surface area contributed by atoms with Crippen molar-refractivity contribution in [2.75, 3.05) is 17.4 Å². The summed E-state index contributed by atoms with van der Waals surface area (Å²) >= 11 is 5.99. The number of nitrogens with zero attached hydrogens (tertiary/aromatic N) is 2. The fourth-order valence-corrected chi connectivity index (χ4v) is 5.83. The highest BCUT2D eigenvalue weighted by molar-refractivity contribution is 7.92. The lowest BCUT2D eigenvalue weighted by atomic mass is 10.1. The van der Waals surface area contributed by atoms with E-state index in [-0.39, 0.29) is 17.3 Å². The number of carbonyl (C=O) groups excluding carboxylic acids is 2. The second-order valence-electron chi connectivity index (χ2n) is 9.38. The predicted molar refractivity (Wildman–Crippen MR) is 156 cm³/mol. The van der Waals surface area contributed by atoms with Gasteiger partial charge in [-0.3, -0.25) is 13.9 Å². The lowest BCUT2D eigenvalue weighted by Crippen LogP contribution is -2.52. The molecule has 39 heavy (non-hydrogen) atoms. The molecule has 0 radical (unpaired) electrons. The molecule has 208 valence electrons. The fourth-order valence-electron chi connectivity index (χ4n) is 4.29. The standard InChI is InChI=1S/C30H36ClN3O4S/c1-4-6-19-32-30(36)28(5-2)33(21-24-12-10-11-23(3)20-24)29(35)22-34(26-13-8-7-9-14-26)39(37,38)27-17-15-25(31)16-18-27/h7-18,20,28H,4-6,19,21-22H2,1-3H3,(H,32,36). The van der Waals surface area contributed by atoms with Gasteiger partial charge in [-0.15, -0.1) is 0 Å². The third-order valence-corrected chi connectivity index (χ3v) is 8.42. The minimum Gasteiger partial charge on any atom is -0.354 e. The molecule has 0 spiro atoms. The Bertz CT molecular complexity index is 1350. The maximum atomic E-state index is 14.0. The van der Waals surface area contributed by atoms with E-state index in [1.165, 1.54) is 29.2 Å². The summed E-state index contributed by atoms with van der Waals surface area (Å²) in [5, 5.41) is 3.34. The average Bonchev–Trinajstić information content (AvgIpc) is 2.92. The van der Waals surface area contributed by atoms with Gasteiger partial charge in [0.25, 0.3) is 10.0 Å². The molecule has 0 aromatic heterocycles. The second kappa shape index (κ2) is 14.1. The van der Waals surface area contributed by atoms with Crippen LogP contribution in [0.15, 0.2) is 83.8 Å². The first-order valence-corrected chi connectivity index (χ1v) is 14.9. The lowest BCUT2D eigenvalue weighted by Gasteiger charge is -2.33. The highest BCUT2D eigenvalue weighted by Gasteiger charge is 2.33. The van der Waals surface area contributed by atoms with Crippen molar-refractivity contribution in [2.45, 2.75) is 57.5 Å². The van der Waals surface area contributed by atoms with Gasteiger partial charge in [-0.1, -0.05) is 79.9 Å². The van der Waals surface area contributed by atoms with Gasteiger partial charge < -0.3 is 10.2 Å². The smallest absolute Gasteiger partial charge is 0.264 e. The number of amides is 2. The molecule has 9 heteroatoms. The number of halogens is 1. The molecule has 0 heterocycles. The second-order valence-corrected chi connectivity index (χ2v) is 11.7. The van der Waals surface area contributed by atoms with Gasteiger partial charge in [-0.05, 0) is 61.7 Å². The maximum absolute atomic E-state index is 14.0. The number of benzene rings is 3. The van der Waals surface area contributed by atoms with Crippen molar-refractivity contribution in [1.29, 1.82) is 0 Å². The van der Waals surface area contributed by atoms with Gasteiger partial charge in [0.2, 0.25) is 11.8 Å². The third kappa shape index (κ3) is 8.07. The van der Waals surface area contributed by atoms with Gasteiger partial charge in [-0.25, -0.2) is 8.42 Å². The number of nitrogens with one attached hydrogen (secondary N) is 1. The van der Waals surface area contributed by atoms with Crippen molar-refractivity contribution < 1.29 is 18.0 Å². The highest BCUT2D eigenvalue weighted by Crippen LogP contribution is 2.25. The first kappa shape index (κ1) is 30.2. The topological polar surface area (TPSA) is 86.8 Å². The monoisotopic (exact) mass is 569 g/mol. The fraction of sp³-hybridized carbons (Fsp3) is 0.333. The van der Waals surface area contributed by atoms with Crippen molar-refractivity contribution >= 4 is 39.1 Å². The van der Waals surface area contributed by atoms with Gasteiger partial charge in [0.1, 0.15) is 12.6 Å². The Hall–Kier alpha value is -3.36. The molecule has 3 aromatic carbocycles. The van der Waals surface area contributed by atoms with Crippen molar-refractivity contribution in [3.63, 3.8) is 0 Å². The molecule has 0 bridgehead atoms. The first-order chi connectivity index (χ1) is 18.7. The van der Waals surface area contributed by atoms with Gasteiger partial charge in [-0.2, -0.15) is 0 Å². The summed E-state index contributed by atoms with van der Waals surface area (Å²) in [4.78, 5) is 28.7. The van der Waals surface area contributed by atoms with E-state index >= 15 is 0 Å². The Kier molecular flexibility index (Phi) is 10.9. The van der Waals surface area contributed by atoms with Crippen LogP contribution in [0.4, 0.5) is 5.69 Å². The molecular weight excluding hydrogens is 534 g/mol. The van der Waals surface area contributed by atoms with Crippen molar-refractivity contribution in [3.05, 3.63) is 95.0 Å². The molecule has 1 N–H and O–H groups in total. The van der Waals surface area contributed by atoms with Crippen LogP contribution in [-0.2, 0) is 26.2 Å². The molecule has 0 aliphatic carbocycles. The highest BCUT2D eigenvalue weighted by atomic mass is 35.5. The van der Waals surface area contributed by atoms with Crippen molar-refractivity contribution in [3.8, 4) is 0 Å². The zero-order valence-corrected chi connectivity index (χ0v) is 24.2. The molecule has 3 aromatic rings. The quantitative estimate of drug-likeness (QED) is 0.273. The Morgan fingerprint density at radius 2 is 1.64 bits per heavy atom. The number of hydrogen-bond acceptors (Lipinski definition) is 4. The van der Waals surface area contributed by atoms with Crippen LogP contribution >= 0.6 is 11.6 Å². The third-order valence-electron chi connectivity index (χ3n) is 6.38. The number of para-hydroxylation sites is 1. The maximum Gasteiger partial charge on any atom is 0.264 e. The minimum absolute atomic E-state index is 0.0122. The van der Waals surface area contributed by atoms with Crippen LogP contribution in [0.2, 0.25) is 5.02 Å². The van der Waals surface area contributed by atoms with Crippen LogP contribution in [-0.4, -0.2) is 44.3 Å². The van der Waals surface area contributed by atoms with E-state index in [2.05, 4.69) is 5.32 Å². The van der Waals surface area contributed by atoms with E-state index in [0.29, 0.717) is 23.7 Å². The normalized spacial score (nSPS) is 12.0. The Morgan fingerprint density at radius 1 is 0.949 bits per heavy atom. The number of hydrogen-bond donors (Lipinski definition) is 1. The largest absolute Gasteiger partial charge is 0.354 e. The van der Waals surface area contributed by atoms with E-state index in [0.717, 1.165) is 28.3 Å². The molecule has 0 saturated heterocycles. The number of sulfonamides is 1. The molecule has 0 aliphatic heterocycles. The number of carbonyl (C=O) groups is 2. The molecule has 1 unspecified atom stereocenters. The van der Waals surface area contributed by atoms with E-state index in [4.69, 9.17) is 11.6 Å². The van der Waals surface area contributed by atoms with Gasteiger partial charge in [0, 0.05) is 18.1 Å². The summed E-state index contributed by atoms with van der Waals surface area (Å²) in [6.07, 6.45) is 2.14. The molecular formula is C30H36ClN3O4S. The number of unbranched alkanes of at least 4 members (excludes halogenated alkanes) is 1. The first-order valence-electron chi connectivity index (χ1n) is 13.1. The Balaban J connectivity index is 2.01. The number of rotatable bonds is 13. The van der Waals surface area contributed by atoms with Crippen LogP contribution < -0.4 is 9.62 Å². The zero-order chi connectivity index (χ0) is 28.4. The summed E-state index contributed by atoms with van der Waals surface area (Å²) < 4.78 is 28.7. The number of aryl methyl sites for hydroxylation is 1. The van der Waals surface area contributed by atoms with Gasteiger partial charge >= 0.3 is 0 Å². The van der Waals surface area contributed by atoms with E-state index in [1.807, 2.05) is 45.0 Å². The summed E-state index contributed by atoms with van der Waals surface area (Å²) in [6, 6.07) is 21.3. The molecule has 0 saturated carbocycles. The van der Waals surface area contributed by atoms with Crippen LogP contribution in [0, 0.1) is 6.92 Å². The minimum atomic E-state index is -4.12. The van der Waals surface area contributed by atoms with Crippen LogP contribution in [0.1, 0.15) is 44.2 Å². The molecule has 0 fully saturated rings. The predicted octanol–water partition coefficient (Wildman–Crippen LogP) is 5.57. The molecule has 3 rings (SSSR count). The van der Waals surface area contributed by atoms with Crippen molar-refractivity contribution in [1.82, 2.24) is 10.2 Å². The van der Waals surface area contributed by atoms with Gasteiger partial charge in [0.15, 0.2) is 0 Å². The summed E-state index contributed by atoms with van der Waals surface area (Å²) in [6.45, 7) is 6.05. The van der Waals surface area contributed by atoms with E-state index in [1.54, 1.807) is 30.3 Å². The average molecular weight is 570 g/mol. The molecule has 1 atom stereocenters. The summed E-state index contributed by atoms with van der Waals surface area (Å²) in [5.74, 6) is -0.728. The summed E-state index contributed by atoms with van der Waals surface area (Å²) in [5.41, 5.74) is 2.23. The van der Waals surface area contributed by atoms with Crippen LogP contribution in [0.5, 0.6) is 0 Å². The summed E-state index contributed by atoms with van der Waals surface area (Å²) in [7, 11) is -4.12. The SMILES string of the molecule is CCCCNC(=O)C(CC)N(Cc1cccc(C)c1)C(=O)CN(c1ccccc1)S(=O)(=O)c1ccc(Cl)cc1. The van der Waals surface area contributed by atoms with Gasteiger partial charge in [0.05, 0.1) is 10.6 Å². The molecule has 0 aliphatic rings. The molecule has 7 nitrogen and oxygen atoms in total. The zero-order valence-electron chi connectivity index (χ0n) is 22.6. The molecule has 2 amide bonds. The van der Waals surface area contributed by atoms with Crippen molar-refractivity contribution in [2.24, 2.45) is 0 Å². The van der Waals surface area contributed by atoms with E-state index < -0.39 is 28.5 Å². The lowest BCUT2D eigenvalue weighted by molar-refractivity contribution is -0.140.